The standard InChI is InChI=1S/C26H25N3S.C3H3NS.C2H7N.C2H4O.CH5N.CH2O/c27-16-17-30-25-12-7-6-10-21(25)9-2-1-3-13-26-28-19-24(29-26)23-15-14-20-8-4-5-11-22(20)18-23;1-2-5-3-4-1;1-3-2;1-2-3;2*1-2/h4-8,10-12,14-15,18-19H,1-3,9,13,17H2,(H,28,29);1-3H;3H,1-2H3;2H,1H3;2H2,1H3;1H2. The molecule has 0 bridgehead atoms. The molecule has 0 amide bonds. The fourth-order valence-electron chi connectivity index (χ4n) is 3.91. The lowest BCUT2D eigenvalue weighted by atomic mass is 10.1. The molecule has 0 unspecified atom stereocenters. The average Bonchev–Trinajstić information content (AvgIpc) is 3.83. The van der Waals surface area contributed by atoms with E-state index in [4.69, 9.17) is 14.9 Å². The Balaban J connectivity index is 0.00000109. The Morgan fingerprint density at radius 2 is 1.64 bits per heavy atom. The molecular formula is C35H46N6O2S2. The number of H-pyrrole nitrogens is 1. The molecule has 2 heterocycles. The number of thioether (sulfide) groups is 1. The number of carbonyl (C=O) groups excluding carboxylic acids is 2. The summed E-state index contributed by atoms with van der Waals surface area (Å²) in [6.07, 6.45) is 9.95. The van der Waals surface area contributed by atoms with Crippen molar-refractivity contribution >= 4 is 46.9 Å². The highest BCUT2D eigenvalue weighted by molar-refractivity contribution is 7.99. The highest BCUT2D eigenvalue weighted by Gasteiger charge is 2.06. The fourth-order valence-corrected chi connectivity index (χ4v) is 5.02. The number of unbranched alkanes of at least 4 members (excludes halogenated alkanes) is 2. The molecule has 0 atom stereocenters. The molecule has 0 saturated carbocycles. The molecule has 0 radical (unpaired) electrons. The Kier molecular flexibility index (Phi) is 26.0. The second-order valence-corrected chi connectivity index (χ2v) is 10.6. The third-order valence-electron chi connectivity index (χ3n) is 5.66. The molecule has 3 aromatic carbocycles. The van der Waals surface area contributed by atoms with Crippen LogP contribution in [-0.2, 0) is 22.4 Å². The van der Waals surface area contributed by atoms with Crippen LogP contribution in [0, 0.1) is 11.3 Å². The number of nitrogens with one attached hydrogen (secondary N) is 2. The second kappa shape index (κ2) is 28.6. The predicted octanol–water partition coefficient (Wildman–Crippen LogP) is 7.37. The van der Waals surface area contributed by atoms with Crippen LogP contribution in [0.1, 0.15) is 37.6 Å². The lowest BCUT2D eigenvalue weighted by Crippen LogP contribution is -1.92. The first-order chi connectivity index (χ1) is 22.2. The van der Waals surface area contributed by atoms with Crippen LogP contribution in [0.3, 0.4) is 0 Å². The smallest absolute Gasteiger partial charge is 0.116 e. The largest absolute Gasteiger partial charge is 0.342 e. The van der Waals surface area contributed by atoms with E-state index < -0.39 is 0 Å². The number of imidazole rings is 1. The van der Waals surface area contributed by atoms with Gasteiger partial charge in [-0.3, -0.25) is 4.98 Å². The number of rotatable bonds is 9. The van der Waals surface area contributed by atoms with Crippen LogP contribution in [0.25, 0.3) is 22.0 Å². The predicted molar refractivity (Wildman–Crippen MR) is 192 cm³/mol. The van der Waals surface area contributed by atoms with E-state index >= 15 is 0 Å². The van der Waals surface area contributed by atoms with E-state index in [0.717, 1.165) is 43.5 Å². The van der Waals surface area contributed by atoms with Gasteiger partial charge >= 0.3 is 0 Å². The first-order valence-electron chi connectivity index (χ1n) is 14.4. The number of nitrogens with two attached hydrogens (primary N) is 1. The molecule has 45 heavy (non-hydrogen) atoms. The topological polar surface area (TPSA) is 138 Å². The van der Waals surface area contributed by atoms with Crippen LogP contribution in [0.2, 0.25) is 0 Å². The number of nitrogens with zero attached hydrogens (tertiary/aromatic N) is 3. The number of carbonyl (C=O) groups is 2. The van der Waals surface area contributed by atoms with Gasteiger partial charge in [0.15, 0.2) is 0 Å². The van der Waals surface area contributed by atoms with Gasteiger partial charge in [-0.1, -0.05) is 61.0 Å². The van der Waals surface area contributed by atoms with E-state index in [0.29, 0.717) is 5.75 Å². The van der Waals surface area contributed by atoms with Gasteiger partial charge in [-0.25, -0.2) is 4.98 Å². The molecule has 2 aromatic heterocycles. The zero-order valence-electron chi connectivity index (χ0n) is 26.7. The summed E-state index contributed by atoms with van der Waals surface area (Å²) in [6.45, 7) is 3.44. The molecule has 0 saturated heterocycles. The molecule has 0 aliphatic carbocycles. The first kappa shape index (κ1) is 40.9. The summed E-state index contributed by atoms with van der Waals surface area (Å²) >= 11 is 3.23. The van der Waals surface area contributed by atoms with Crippen molar-refractivity contribution < 1.29 is 9.59 Å². The van der Waals surface area contributed by atoms with Crippen molar-refractivity contribution in [3.05, 3.63) is 101 Å². The summed E-state index contributed by atoms with van der Waals surface area (Å²) in [5.41, 5.74) is 9.91. The van der Waals surface area contributed by atoms with Gasteiger partial charge in [0.1, 0.15) is 18.9 Å². The lowest BCUT2D eigenvalue weighted by molar-refractivity contribution is -0.106. The number of benzene rings is 3. The molecule has 0 aliphatic heterocycles. The summed E-state index contributed by atoms with van der Waals surface area (Å²) in [5, 5.41) is 16.0. The molecule has 0 spiro atoms. The number of hydrogen-bond donors (Lipinski definition) is 3. The van der Waals surface area contributed by atoms with E-state index in [2.05, 4.69) is 92.7 Å². The Labute approximate surface area is 276 Å². The van der Waals surface area contributed by atoms with Gasteiger partial charge in [0, 0.05) is 28.5 Å². The fraction of sp³-hybridized carbons (Fsp3) is 0.286. The first-order valence-corrected chi connectivity index (χ1v) is 16.4. The van der Waals surface area contributed by atoms with Crippen LogP contribution < -0.4 is 11.1 Å². The van der Waals surface area contributed by atoms with Crippen LogP contribution in [0.4, 0.5) is 0 Å². The van der Waals surface area contributed by atoms with Gasteiger partial charge in [0.25, 0.3) is 0 Å². The van der Waals surface area contributed by atoms with Gasteiger partial charge in [-0.2, -0.15) is 5.26 Å². The maximum Gasteiger partial charge on any atom is 0.116 e. The molecule has 5 aromatic rings. The van der Waals surface area contributed by atoms with Crippen molar-refractivity contribution in [2.24, 2.45) is 5.73 Å². The summed E-state index contributed by atoms with van der Waals surface area (Å²) < 4.78 is 0. The quantitative estimate of drug-likeness (QED) is 0.0857. The molecular weight excluding hydrogens is 601 g/mol. The number of aldehydes is 1. The number of aromatic nitrogens is 3. The Hall–Kier alpha value is -4.14. The zero-order chi connectivity index (χ0) is 33.5. The molecule has 10 heteroatoms. The average molecular weight is 647 g/mol. The van der Waals surface area contributed by atoms with Crippen molar-refractivity contribution in [3.8, 4) is 17.3 Å². The molecule has 8 nitrogen and oxygen atoms in total. The minimum Gasteiger partial charge on any atom is -0.342 e. The van der Waals surface area contributed by atoms with Gasteiger partial charge in [-0.05, 0) is 75.8 Å². The Bertz CT molecular complexity index is 1430. The van der Waals surface area contributed by atoms with E-state index in [1.807, 2.05) is 38.5 Å². The van der Waals surface area contributed by atoms with Crippen LogP contribution in [0.5, 0.6) is 0 Å². The third kappa shape index (κ3) is 17.7. The van der Waals surface area contributed by atoms with Gasteiger partial charge < -0.3 is 25.6 Å². The number of nitriles is 1. The molecule has 240 valence electrons. The van der Waals surface area contributed by atoms with E-state index in [1.165, 1.54) is 47.2 Å². The van der Waals surface area contributed by atoms with Crippen LogP contribution in [0.15, 0.2) is 94.9 Å². The zero-order valence-corrected chi connectivity index (χ0v) is 28.4. The molecule has 0 fully saturated rings. The highest BCUT2D eigenvalue weighted by Crippen LogP contribution is 2.25. The monoisotopic (exact) mass is 646 g/mol. The minimum atomic E-state index is 0.509. The number of hydrogen-bond acceptors (Lipinski definition) is 9. The number of aromatic amines is 1. The Morgan fingerprint density at radius 3 is 2.27 bits per heavy atom. The van der Waals surface area contributed by atoms with Crippen molar-refractivity contribution in [3.63, 3.8) is 0 Å². The van der Waals surface area contributed by atoms with Crippen LogP contribution >= 0.6 is 23.1 Å². The number of aryl methyl sites for hydroxylation is 2. The summed E-state index contributed by atoms with van der Waals surface area (Å²) in [5.74, 6) is 1.57. The lowest BCUT2D eigenvalue weighted by Gasteiger charge is -2.07. The number of fused-ring (bicyclic) bond motifs is 1. The maximum atomic E-state index is 8.81. The number of thiazole rings is 1. The molecule has 5 rings (SSSR count). The third-order valence-corrected chi connectivity index (χ3v) is 7.17. The summed E-state index contributed by atoms with van der Waals surface area (Å²) in [4.78, 5) is 29.9. The van der Waals surface area contributed by atoms with Crippen LogP contribution in [-0.4, -0.2) is 54.9 Å². The second-order valence-electron chi connectivity index (χ2n) is 8.83. The van der Waals surface area contributed by atoms with Crippen molar-refractivity contribution in [2.45, 2.75) is 43.9 Å². The summed E-state index contributed by atoms with van der Waals surface area (Å²) in [7, 11) is 5.25. The van der Waals surface area contributed by atoms with Crippen molar-refractivity contribution in [2.75, 3.05) is 26.9 Å². The van der Waals surface area contributed by atoms with E-state index in [9.17, 15) is 0 Å². The SMILES string of the molecule is C=O.CC=O.CN.CNC.N#CCSc1ccccc1CCCCCc1ncc(-c2ccc3ccccc3c2)[nH]1.c1cscn1. The van der Waals surface area contributed by atoms with Crippen molar-refractivity contribution in [1.29, 1.82) is 5.26 Å². The van der Waals surface area contributed by atoms with E-state index in [1.54, 1.807) is 34.8 Å². The summed E-state index contributed by atoms with van der Waals surface area (Å²) in [6, 6.07) is 25.6. The van der Waals surface area contributed by atoms with Crippen molar-refractivity contribution in [1.82, 2.24) is 20.3 Å². The van der Waals surface area contributed by atoms with E-state index in [-0.39, 0.29) is 0 Å². The molecule has 0 aliphatic rings. The van der Waals surface area contributed by atoms with Gasteiger partial charge in [0.2, 0.25) is 0 Å². The maximum absolute atomic E-state index is 8.81. The molecule has 4 N–H and O–H groups in total. The Morgan fingerprint density at radius 1 is 1.00 bits per heavy atom. The highest BCUT2D eigenvalue weighted by atomic mass is 32.2. The van der Waals surface area contributed by atoms with Gasteiger partial charge in [-0.15, -0.1) is 23.1 Å². The normalized spacial score (nSPS) is 9.07. The minimum absolute atomic E-state index is 0.509. The van der Waals surface area contributed by atoms with Gasteiger partial charge in [0.05, 0.1) is 29.2 Å².